The van der Waals surface area contributed by atoms with E-state index in [-0.39, 0.29) is 24.9 Å². The summed E-state index contributed by atoms with van der Waals surface area (Å²) in [7, 11) is 0. The van der Waals surface area contributed by atoms with E-state index in [0.717, 1.165) is 31.5 Å². The van der Waals surface area contributed by atoms with Gasteiger partial charge in [0.15, 0.2) is 5.60 Å². The van der Waals surface area contributed by atoms with Gasteiger partial charge in [0.1, 0.15) is 0 Å². The molecule has 6 heteroatoms. The zero-order valence-corrected chi connectivity index (χ0v) is 12.9. The van der Waals surface area contributed by atoms with Gasteiger partial charge in [-0.15, -0.1) is 0 Å². The number of alkyl halides is 3. The molecule has 0 spiro atoms. The topological polar surface area (TPSA) is 35.5 Å². The van der Waals surface area contributed by atoms with Crippen molar-refractivity contribution in [2.75, 3.05) is 0 Å². The number of aliphatic hydroxyl groups is 1. The normalized spacial score (nSPS) is 33.9. The smallest absolute Gasteiger partial charge is 0.380 e. The first-order valence-electron chi connectivity index (χ1n) is 8.22. The van der Waals surface area contributed by atoms with Crippen LogP contribution >= 0.6 is 0 Å². The number of hydrogen-bond acceptors (Lipinski definition) is 3. The molecule has 4 rings (SSSR count). The molecule has 0 aromatic heterocycles. The van der Waals surface area contributed by atoms with Crippen molar-refractivity contribution >= 4 is 0 Å². The minimum atomic E-state index is -4.53. The minimum Gasteiger partial charge on any atom is -0.380 e. The lowest BCUT2D eigenvalue weighted by Gasteiger charge is -2.44. The van der Waals surface area contributed by atoms with E-state index in [1.165, 1.54) is 11.1 Å². The zero-order chi connectivity index (χ0) is 16.2. The molecule has 2 unspecified atom stereocenters. The highest BCUT2D eigenvalue weighted by Gasteiger charge is 2.60. The van der Waals surface area contributed by atoms with Gasteiger partial charge in [0.05, 0.1) is 0 Å². The maximum Gasteiger partial charge on any atom is 0.417 e. The van der Waals surface area contributed by atoms with Crippen LogP contribution in [0.15, 0.2) is 18.2 Å². The van der Waals surface area contributed by atoms with Gasteiger partial charge in [0.25, 0.3) is 0 Å². The van der Waals surface area contributed by atoms with Crippen LogP contribution in [-0.2, 0) is 19.6 Å². The second-order valence-corrected chi connectivity index (χ2v) is 7.20. The molecule has 3 aliphatic heterocycles. The number of nitrogens with zero attached hydrogens (tertiary/aromatic N) is 1. The van der Waals surface area contributed by atoms with E-state index in [9.17, 15) is 18.3 Å². The lowest BCUT2D eigenvalue weighted by atomic mass is 9.85. The van der Waals surface area contributed by atoms with Crippen LogP contribution in [0.4, 0.5) is 13.2 Å². The Kier molecular flexibility index (Phi) is 3.48. The monoisotopic (exact) mass is 326 g/mol. The molecule has 1 aromatic carbocycles. The van der Waals surface area contributed by atoms with Crippen LogP contribution in [0.2, 0.25) is 0 Å². The lowest BCUT2D eigenvalue weighted by molar-refractivity contribution is -0.279. The number of benzene rings is 1. The van der Waals surface area contributed by atoms with Gasteiger partial charge in [-0.1, -0.05) is 18.2 Å². The average molecular weight is 326 g/mol. The van der Waals surface area contributed by atoms with Crippen molar-refractivity contribution in [1.29, 1.82) is 0 Å². The van der Waals surface area contributed by atoms with Crippen molar-refractivity contribution in [2.45, 2.75) is 69.2 Å². The molecule has 3 nitrogen and oxygen atoms in total. The molecule has 2 saturated heterocycles. The SMILES string of the molecule is OC1(C(F)(F)F)CC2CCC(C1)N2Cc1ccc2c(c1)CNC2. The molecule has 3 aliphatic rings. The van der Waals surface area contributed by atoms with E-state index < -0.39 is 11.8 Å². The van der Waals surface area contributed by atoms with Crippen molar-refractivity contribution in [3.05, 3.63) is 34.9 Å². The molecule has 23 heavy (non-hydrogen) atoms. The van der Waals surface area contributed by atoms with Gasteiger partial charge in [-0.05, 0) is 29.5 Å². The molecule has 2 fully saturated rings. The van der Waals surface area contributed by atoms with Crippen molar-refractivity contribution in [3.8, 4) is 0 Å². The second-order valence-electron chi connectivity index (χ2n) is 7.20. The molecule has 0 amide bonds. The van der Waals surface area contributed by atoms with E-state index in [0.29, 0.717) is 6.54 Å². The summed E-state index contributed by atoms with van der Waals surface area (Å²) in [5.74, 6) is 0. The van der Waals surface area contributed by atoms with E-state index in [4.69, 9.17) is 0 Å². The predicted octanol–water partition coefficient (Wildman–Crippen LogP) is 2.71. The molecule has 2 N–H and O–H groups in total. The summed E-state index contributed by atoms with van der Waals surface area (Å²) >= 11 is 0. The summed E-state index contributed by atoms with van der Waals surface area (Å²) in [6, 6.07) is 6.01. The fourth-order valence-electron chi connectivity index (χ4n) is 4.46. The zero-order valence-electron chi connectivity index (χ0n) is 12.9. The first kappa shape index (κ1) is 15.4. The molecule has 2 atom stereocenters. The maximum absolute atomic E-state index is 13.1. The van der Waals surface area contributed by atoms with Crippen LogP contribution in [0.3, 0.4) is 0 Å². The van der Waals surface area contributed by atoms with E-state index >= 15 is 0 Å². The minimum absolute atomic E-state index is 0.174. The molecule has 0 saturated carbocycles. The largest absolute Gasteiger partial charge is 0.417 e. The third kappa shape index (κ3) is 2.57. The maximum atomic E-state index is 13.1. The number of hydrogen-bond donors (Lipinski definition) is 2. The Labute approximate surface area is 133 Å². The highest BCUT2D eigenvalue weighted by Crippen LogP contribution is 2.48. The molecule has 0 aliphatic carbocycles. The summed E-state index contributed by atoms with van der Waals surface area (Å²) < 4.78 is 39.4. The Balaban J connectivity index is 1.51. The molecule has 1 aromatic rings. The molecular formula is C17H21F3N2O. The van der Waals surface area contributed by atoms with E-state index in [2.05, 4.69) is 28.4 Å². The van der Waals surface area contributed by atoms with Gasteiger partial charge in [-0.25, -0.2) is 0 Å². The number of halogens is 3. The molecule has 3 heterocycles. The Morgan fingerprint density at radius 2 is 1.78 bits per heavy atom. The first-order chi connectivity index (χ1) is 10.9. The average Bonchev–Trinajstić information content (AvgIpc) is 3.02. The number of fused-ring (bicyclic) bond motifs is 3. The van der Waals surface area contributed by atoms with Crippen LogP contribution in [0.25, 0.3) is 0 Å². The van der Waals surface area contributed by atoms with Gasteiger partial charge in [0.2, 0.25) is 0 Å². The summed E-state index contributed by atoms with van der Waals surface area (Å²) in [5, 5.41) is 13.3. The van der Waals surface area contributed by atoms with Crippen LogP contribution in [-0.4, -0.2) is 33.9 Å². The van der Waals surface area contributed by atoms with Crippen molar-refractivity contribution in [2.24, 2.45) is 0 Å². The molecule has 2 bridgehead atoms. The molecule has 0 radical (unpaired) electrons. The highest BCUT2D eigenvalue weighted by molar-refractivity contribution is 5.34. The Hall–Kier alpha value is -1.11. The summed E-state index contributed by atoms with van der Waals surface area (Å²) in [5.41, 5.74) is 1.25. The third-order valence-corrected chi connectivity index (χ3v) is 5.71. The van der Waals surface area contributed by atoms with Crippen LogP contribution < -0.4 is 5.32 Å². The van der Waals surface area contributed by atoms with E-state index in [1.807, 2.05) is 0 Å². The number of rotatable bonds is 2. The van der Waals surface area contributed by atoms with Gasteiger partial charge < -0.3 is 10.4 Å². The quantitative estimate of drug-likeness (QED) is 0.877. The van der Waals surface area contributed by atoms with Crippen LogP contribution in [0.5, 0.6) is 0 Å². The standard InChI is InChI=1S/C17H21F3N2O/c18-17(19,20)16(23)6-14-3-4-15(7-16)22(14)10-11-1-2-12-8-21-9-13(12)5-11/h1-2,5,14-15,21,23H,3-4,6-10H2. The fourth-order valence-corrected chi connectivity index (χ4v) is 4.46. The van der Waals surface area contributed by atoms with E-state index in [1.54, 1.807) is 0 Å². The first-order valence-corrected chi connectivity index (χ1v) is 8.22. The second kappa shape index (κ2) is 5.19. The van der Waals surface area contributed by atoms with Gasteiger partial charge >= 0.3 is 6.18 Å². The van der Waals surface area contributed by atoms with Crippen LogP contribution in [0, 0.1) is 0 Å². The van der Waals surface area contributed by atoms with Crippen molar-refractivity contribution < 1.29 is 18.3 Å². The van der Waals surface area contributed by atoms with Crippen LogP contribution in [0.1, 0.15) is 42.4 Å². The van der Waals surface area contributed by atoms with Crippen molar-refractivity contribution in [3.63, 3.8) is 0 Å². The van der Waals surface area contributed by atoms with Gasteiger partial charge in [-0.3, -0.25) is 4.90 Å². The fraction of sp³-hybridized carbons (Fsp3) is 0.647. The van der Waals surface area contributed by atoms with Gasteiger partial charge in [-0.2, -0.15) is 13.2 Å². The Bertz CT molecular complexity index is 602. The third-order valence-electron chi connectivity index (χ3n) is 5.71. The number of piperidine rings is 1. The summed E-state index contributed by atoms with van der Waals surface area (Å²) in [4.78, 5) is 2.17. The molecular weight excluding hydrogens is 305 g/mol. The lowest BCUT2D eigenvalue weighted by Crippen LogP contribution is -2.57. The Morgan fingerprint density at radius 1 is 1.13 bits per heavy atom. The highest BCUT2D eigenvalue weighted by atomic mass is 19.4. The summed E-state index contributed by atoms with van der Waals surface area (Å²) in [6.07, 6.45) is -3.43. The van der Waals surface area contributed by atoms with Gasteiger partial charge in [0, 0.05) is 44.6 Å². The summed E-state index contributed by atoms with van der Waals surface area (Å²) in [6.45, 7) is 2.43. The Morgan fingerprint density at radius 3 is 2.43 bits per heavy atom. The molecule has 126 valence electrons. The predicted molar refractivity (Wildman–Crippen MR) is 79.6 cm³/mol. The van der Waals surface area contributed by atoms with Crippen molar-refractivity contribution in [1.82, 2.24) is 10.2 Å². The number of nitrogens with one attached hydrogen (secondary N) is 1.